The van der Waals surface area contributed by atoms with Crippen molar-refractivity contribution in [2.24, 2.45) is 17.6 Å². The molecular formula is C12H24N2. The molecule has 0 saturated heterocycles. The lowest BCUT2D eigenvalue weighted by Gasteiger charge is -2.28. The Morgan fingerprint density at radius 3 is 2.64 bits per heavy atom. The molecule has 0 aromatic rings. The highest BCUT2D eigenvalue weighted by atomic mass is 15.0. The molecule has 0 amide bonds. The van der Waals surface area contributed by atoms with Crippen molar-refractivity contribution in [3.63, 3.8) is 0 Å². The third kappa shape index (κ3) is 2.48. The molecule has 2 heteroatoms. The molecule has 3 N–H and O–H groups in total. The smallest absolute Gasteiger partial charge is 0.00991 e. The highest BCUT2D eigenvalue weighted by molar-refractivity contribution is 4.93. The maximum absolute atomic E-state index is 6.11. The highest BCUT2D eigenvalue weighted by Crippen LogP contribution is 2.33. The van der Waals surface area contributed by atoms with Gasteiger partial charge in [-0.15, -0.1) is 0 Å². The van der Waals surface area contributed by atoms with Crippen molar-refractivity contribution in [2.75, 3.05) is 6.54 Å². The first-order chi connectivity index (χ1) is 6.81. The first-order valence-corrected chi connectivity index (χ1v) is 6.30. The van der Waals surface area contributed by atoms with Crippen molar-refractivity contribution in [3.8, 4) is 0 Å². The second-order valence-electron chi connectivity index (χ2n) is 5.13. The van der Waals surface area contributed by atoms with E-state index in [4.69, 9.17) is 5.73 Å². The van der Waals surface area contributed by atoms with Crippen LogP contribution < -0.4 is 11.1 Å². The second-order valence-corrected chi connectivity index (χ2v) is 5.13. The van der Waals surface area contributed by atoms with Gasteiger partial charge in [0.25, 0.3) is 0 Å². The molecule has 2 aliphatic carbocycles. The molecule has 2 fully saturated rings. The van der Waals surface area contributed by atoms with E-state index >= 15 is 0 Å². The van der Waals surface area contributed by atoms with Gasteiger partial charge in [0.2, 0.25) is 0 Å². The second kappa shape index (κ2) is 4.63. The molecule has 4 atom stereocenters. The van der Waals surface area contributed by atoms with Gasteiger partial charge in [0, 0.05) is 12.1 Å². The minimum Gasteiger partial charge on any atom is -0.327 e. The van der Waals surface area contributed by atoms with Crippen LogP contribution in [0.25, 0.3) is 0 Å². The number of nitrogens with two attached hydrogens (primary N) is 1. The summed E-state index contributed by atoms with van der Waals surface area (Å²) in [6.45, 7) is 3.46. The lowest BCUT2D eigenvalue weighted by atomic mass is 9.85. The van der Waals surface area contributed by atoms with Gasteiger partial charge in [-0.2, -0.15) is 0 Å². The molecule has 0 radical (unpaired) electrons. The van der Waals surface area contributed by atoms with Crippen LogP contribution in [0.3, 0.4) is 0 Å². The molecule has 14 heavy (non-hydrogen) atoms. The zero-order valence-electron chi connectivity index (χ0n) is 9.34. The minimum atomic E-state index is 0.468. The SMILES string of the molecule is CCC1CC1NCC1CCCCC1N. The van der Waals surface area contributed by atoms with Gasteiger partial charge >= 0.3 is 0 Å². The maximum Gasteiger partial charge on any atom is 0.00991 e. The van der Waals surface area contributed by atoms with E-state index in [1.165, 1.54) is 45.1 Å². The molecule has 0 aliphatic heterocycles. The molecule has 0 bridgehead atoms. The molecule has 2 aliphatic rings. The Hall–Kier alpha value is -0.0800. The van der Waals surface area contributed by atoms with Crippen LogP contribution in [0.1, 0.15) is 45.4 Å². The maximum atomic E-state index is 6.11. The molecule has 0 spiro atoms. The summed E-state index contributed by atoms with van der Waals surface area (Å²) >= 11 is 0. The van der Waals surface area contributed by atoms with E-state index < -0.39 is 0 Å². The largest absolute Gasteiger partial charge is 0.327 e. The van der Waals surface area contributed by atoms with Crippen LogP contribution in [-0.2, 0) is 0 Å². The van der Waals surface area contributed by atoms with Gasteiger partial charge < -0.3 is 11.1 Å². The van der Waals surface area contributed by atoms with E-state index in [0.29, 0.717) is 6.04 Å². The molecule has 0 heterocycles. The molecular weight excluding hydrogens is 172 g/mol. The van der Waals surface area contributed by atoms with Crippen molar-refractivity contribution in [1.29, 1.82) is 0 Å². The number of hydrogen-bond acceptors (Lipinski definition) is 2. The van der Waals surface area contributed by atoms with Crippen LogP contribution in [0.2, 0.25) is 0 Å². The van der Waals surface area contributed by atoms with Crippen molar-refractivity contribution in [2.45, 2.75) is 57.5 Å². The Kier molecular flexibility index (Phi) is 3.45. The fourth-order valence-electron chi connectivity index (χ4n) is 2.74. The number of nitrogens with one attached hydrogen (secondary N) is 1. The van der Waals surface area contributed by atoms with Gasteiger partial charge in [-0.1, -0.05) is 26.2 Å². The van der Waals surface area contributed by atoms with Gasteiger partial charge in [0.05, 0.1) is 0 Å². The lowest BCUT2D eigenvalue weighted by molar-refractivity contribution is 0.294. The summed E-state index contributed by atoms with van der Waals surface area (Å²) in [6.07, 6.45) is 8.07. The van der Waals surface area contributed by atoms with Gasteiger partial charge in [-0.05, 0) is 37.6 Å². The summed E-state index contributed by atoms with van der Waals surface area (Å²) in [7, 11) is 0. The van der Waals surface area contributed by atoms with Crippen LogP contribution in [0.4, 0.5) is 0 Å². The van der Waals surface area contributed by atoms with E-state index in [1.807, 2.05) is 0 Å². The Morgan fingerprint density at radius 1 is 1.21 bits per heavy atom. The van der Waals surface area contributed by atoms with Crippen LogP contribution in [0.5, 0.6) is 0 Å². The van der Waals surface area contributed by atoms with Crippen LogP contribution in [0, 0.1) is 11.8 Å². The average Bonchev–Trinajstić information content (AvgIpc) is 2.95. The first-order valence-electron chi connectivity index (χ1n) is 6.30. The minimum absolute atomic E-state index is 0.468. The van der Waals surface area contributed by atoms with E-state index in [-0.39, 0.29) is 0 Å². The van der Waals surface area contributed by atoms with Crippen molar-refractivity contribution in [3.05, 3.63) is 0 Å². The summed E-state index contributed by atoms with van der Waals surface area (Å²) in [4.78, 5) is 0. The Labute approximate surface area is 87.6 Å². The van der Waals surface area contributed by atoms with E-state index in [0.717, 1.165) is 17.9 Å². The molecule has 4 unspecified atom stereocenters. The number of hydrogen-bond donors (Lipinski definition) is 2. The zero-order chi connectivity index (χ0) is 9.97. The highest BCUT2D eigenvalue weighted by Gasteiger charge is 2.35. The normalized spacial score (nSPS) is 42.4. The van der Waals surface area contributed by atoms with Gasteiger partial charge in [0.1, 0.15) is 0 Å². The van der Waals surface area contributed by atoms with Crippen molar-refractivity contribution < 1.29 is 0 Å². The summed E-state index contributed by atoms with van der Waals surface area (Å²) in [5, 5.41) is 3.68. The predicted molar refractivity (Wildman–Crippen MR) is 60.1 cm³/mol. The zero-order valence-corrected chi connectivity index (χ0v) is 9.34. The summed E-state index contributed by atoms with van der Waals surface area (Å²) in [6, 6.07) is 1.30. The standard InChI is InChI=1S/C12H24N2/c1-2-9-7-12(9)14-8-10-5-3-4-6-11(10)13/h9-12,14H,2-8,13H2,1H3. The van der Waals surface area contributed by atoms with Crippen LogP contribution in [0.15, 0.2) is 0 Å². The lowest BCUT2D eigenvalue weighted by Crippen LogP contribution is -2.40. The predicted octanol–water partition coefficient (Wildman–Crippen LogP) is 1.89. The summed E-state index contributed by atoms with van der Waals surface area (Å²) < 4.78 is 0. The van der Waals surface area contributed by atoms with Gasteiger partial charge in [-0.25, -0.2) is 0 Å². The Bertz CT molecular complexity index is 181. The molecule has 0 aromatic carbocycles. The number of rotatable bonds is 4. The van der Waals surface area contributed by atoms with E-state index in [1.54, 1.807) is 0 Å². The Balaban J connectivity index is 1.64. The molecule has 2 nitrogen and oxygen atoms in total. The van der Waals surface area contributed by atoms with Crippen LogP contribution in [-0.4, -0.2) is 18.6 Å². The molecule has 0 aromatic heterocycles. The van der Waals surface area contributed by atoms with Gasteiger partial charge in [0.15, 0.2) is 0 Å². The monoisotopic (exact) mass is 196 g/mol. The van der Waals surface area contributed by atoms with E-state index in [9.17, 15) is 0 Å². The van der Waals surface area contributed by atoms with E-state index in [2.05, 4.69) is 12.2 Å². The average molecular weight is 196 g/mol. The molecule has 2 rings (SSSR count). The van der Waals surface area contributed by atoms with Crippen molar-refractivity contribution in [1.82, 2.24) is 5.32 Å². The fraction of sp³-hybridized carbons (Fsp3) is 1.00. The topological polar surface area (TPSA) is 38.0 Å². The van der Waals surface area contributed by atoms with Crippen LogP contribution >= 0.6 is 0 Å². The summed E-state index contributed by atoms with van der Waals surface area (Å²) in [5.74, 6) is 1.72. The van der Waals surface area contributed by atoms with Gasteiger partial charge in [-0.3, -0.25) is 0 Å². The molecule has 82 valence electrons. The molecule has 2 saturated carbocycles. The quantitative estimate of drug-likeness (QED) is 0.720. The fourth-order valence-corrected chi connectivity index (χ4v) is 2.74. The third-order valence-electron chi connectivity index (χ3n) is 4.06. The van der Waals surface area contributed by atoms with Crippen molar-refractivity contribution >= 4 is 0 Å². The summed E-state index contributed by atoms with van der Waals surface area (Å²) in [5.41, 5.74) is 6.11. The first kappa shape index (κ1) is 10.4. The third-order valence-corrected chi connectivity index (χ3v) is 4.06. The Morgan fingerprint density at radius 2 is 2.00 bits per heavy atom.